The van der Waals surface area contributed by atoms with Crippen molar-refractivity contribution in [2.45, 2.75) is 12.5 Å². The lowest BCUT2D eigenvalue weighted by atomic mass is 10.2. The zero-order valence-corrected chi connectivity index (χ0v) is 23.6. The van der Waals surface area contributed by atoms with Gasteiger partial charge in [0.2, 0.25) is 13.6 Å². The summed E-state index contributed by atoms with van der Waals surface area (Å²) in [5.74, 6) is -2.45. The predicted octanol–water partition coefficient (Wildman–Crippen LogP) is 2.85. The van der Waals surface area contributed by atoms with E-state index in [4.69, 9.17) is 28.4 Å². The molecule has 1 aliphatic rings. The zero-order valence-electron chi connectivity index (χ0n) is 22.8. The van der Waals surface area contributed by atoms with Crippen LogP contribution in [0.15, 0.2) is 60.7 Å². The van der Waals surface area contributed by atoms with Crippen molar-refractivity contribution in [3.8, 4) is 0 Å². The van der Waals surface area contributed by atoms with Crippen LogP contribution in [0.5, 0.6) is 0 Å². The van der Waals surface area contributed by atoms with Gasteiger partial charge in [0.05, 0.1) is 30.9 Å². The Morgan fingerprint density at radius 3 is 1.95 bits per heavy atom. The van der Waals surface area contributed by atoms with Gasteiger partial charge in [-0.3, -0.25) is 4.90 Å². The summed E-state index contributed by atoms with van der Waals surface area (Å²) < 4.78 is 30.1. The van der Waals surface area contributed by atoms with Gasteiger partial charge in [-0.1, -0.05) is 36.4 Å². The highest BCUT2D eigenvalue weighted by atomic mass is 32.2. The molecule has 1 heterocycles. The molecule has 1 N–H and O–H groups in total. The average Bonchev–Trinajstić information content (AvgIpc) is 3.02. The van der Waals surface area contributed by atoms with Crippen molar-refractivity contribution in [3.05, 3.63) is 71.8 Å². The molecule has 226 valence electrons. The summed E-state index contributed by atoms with van der Waals surface area (Å²) in [5, 5.41) is 1.45. The normalized spacial score (nSPS) is 13.7. The van der Waals surface area contributed by atoms with E-state index in [1.807, 2.05) is 0 Å². The van der Waals surface area contributed by atoms with Crippen molar-refractivity contribution >= 4 is 41.1 Å². The van der Waals surface area contributed by atoms with Gasteiger partial charge in [0, 0.05) is 25.4 Å². The number of hydrogen-bond donors (Lipinski definition) is 1. The van der Waals surface area contributed by atoms with Crippen LogP contribution in [0.4, 0.5) is 9.59 Å². The molecule has 0 radical (unpaired) electrons. The lowest BCUT2D eigenvalue weighted by molar-refractivity contribution is -0.145. The molecular formula is C28H32N2O11S. The molecule has 2 aromatic rings. The van der Waals surface area contributed by atoms with E-state index in [1.54, 1.807) is 48.5 Å². The van der Waals surface area contributed by atoms with Gasteiger partial charge in [-0.25, -0.2) is 24.0 Å². The van der Waals surface area contributed by atoms with E-state index in [2.05, 4.69) is 10.2 Å². The number of carbonyl (C=O) groups is 5. The SMILES string of the molecule is O=C(N[C@@H](CSC(=O)OCOC(=O)c1ccccc1)C(=O)OCCCN1CCOCC1)OCOC(=O)c1ccccc1. The average molecular weight is 605 g/mol. The van der Waals surface area contributed by atoms with Crippen LogP contribution >= 0.6 is 11.8 Å². The van der Waals surface area contributed by atoms with Gasteiger partial charge in [-0.2, -0.15) is 0 Å². The summed E-state index contributed by atoms with van der Waals surface area (Å²) in [7, 11) is 0. The number of rotatable bonds is 14. The summed E-state index contributed by atoms with van der Waals surface area (Å²) in [4.78, 5) is 63.3. The quantitative estimate of drug-likeness (QED) is 0.145. The van der Waals surface area contributed by atoms with E-state index >= 15 is 0 Å². The largest absolute Gasteiger partial charge is 0.464 e. The summed E-state index contributed by atoms with van der Waals surface area (Å²) in [5.41, 5.74) is 0.555. The van der Waals surface area contributed by atoms with Crippen molar-refractivity contribution in [1.29, 1.82) is 0 Å². The standard InChI is InChI=1S/C28H32N2O11S/c31-24(21-8-3-1-4-9-21)38-19-40-27(34)29-23(26(33)37-15-7-12-30-13-16-36-17-14-30)18-42-28(35)41-20-39-25(32)22-10-5-2-6-11-22/h1-6,8-11,23H,7,12-20H2,(H,29,34)/t23-/m0/s1. The highest BCUT2D eigenvalue weighted by Crippen LogP contribution is 2.11. The first-order valence-electron chi connectivity index (χ1n) is 13.1. The number of carbonyl (C=O) groups excluding carboxylic acids is 5. The lowest BCUT2D eigenvalue weighted by Crippen LogP contribution is -2.44. The van der Waals surface area contributed by atoms with Crippen LogP contribution in [0, 0.1) is 0 Å². The second-order valence-electron chi connectivity index (χ2n) is 8.64. The molecule has 14 heteroatoms. The number of morpholine rings is 1. The number of nitrogens with one attached hydrogen (secondary N) is 1. The third kappa shape index (κ3) is 12.2. The molecular weight excluding hydrogens is 572 g/mol. The summed E-state index contributed by atoms with van der Waals surface area (Å²) >= 11 is 0.559. The number of esters is 3. The van der Waals surface area contributed by atoms with Gasteiger partial charge in [-0.15, -0.1) is 0 Å². The first-order valence-corrected chi connectivity index (χ1v) is 14.0. The molecule has 2 aromatic carbocycles. The van der Waals surface area contributed by atoms with E-state index < -0.39 is 48.9 Å². The highest BCUT2D eigenvalue weighted by Gasteiger charge is 2.25. The second-order valence-corrected chi connectivity index (χ2v) is 9.60. The van der Waals surface area contributed by atoms with E-state index in [-0.39, 0.29) is 23.5 Å². The van der Waals surface area contributed by atoms with Crippen LogP contribution in [0.25, 0.3) is 0 Å². The number of benzene rings is 2. The van der Waals surface area contributed by atoms with E-state index in [0.29, 0.717) is 37.9 Å². The Morgan fingerprint density at radius 2 is 1.36 bits per heavy atom. The van der Waals surface area contributed by atoms with Crippen molar-refractivity contribution in [2.24, 2.45) is 0 Å². The minimum Gasteiger partial charge on any atom is -0.464 e. The molecule has 0 unspecified atom stereocenters. The van der Waals surface area contributed by atoms with Crippen molar-refractivity contribution in [2.75, 3.05) is 58.8 Å². The zero-order chi connectivity index (χ0) is 30.0. The van der Waals surface area contributed by atoms with Crippen molar-refractivity contribution < 1.29 is 52.4 Å². The molecule has 0 bridgehead atoms. The van der Waals surface area contributed by atoms with Crippen LogP contribution < -0.4 is 5.32 Å². The number of hydrogen-bond acceptors (Lipinski definition) is 13. The van der Waals surface area contributed by atoms with Gasteiger partial charge >= 0.3 is 29.3 Å². The molecule has 1 amide bonds. The minimum absolute atomic E-state index is 0.0860. The summed E-state index contributed by atoms with van der Waals surface area (Å²) in [6.07, 6.45) is -0.516. The third-order valence-corrected chi connectivity index (χ3v) is 6.53. The van der Waals surface area contributed by atoms with Crippen molar-refractivity contribution in [1.82, 2.24) is 10.2 Å². The number of ether oxygens (including phenoxy) is 6. The Balaban J connectivity index is 1.43. The smallest absolute Gasteiger partial charge is 0.410 e. The molecule has 0 spiro atoms. The third-order valence-electron chi connectivity index (χ3n) is 5.68. The number of nitrogens with zero attached hydrogens (tertiary/aromatic N) is 1. The van der Waals surface area contributed by atoms with E-state index in [0.717, 1.165) is 13.1 Å². The summed E-state index contributed by atoms with van der Waals surface area (Å²) in [6, 6.07) is 14.9. The molecule has 0 saturated carbocycles. The fourth-order valence-corrected chi connectivity index (χ4v) is 4.17. The van der Waals surface area contributed by atoms with Gasteiger partial charge in [0.1, 0.15) is 6.04 Å². The van der Waals surface area contributed by atoms with Crippen LogP contribution in [-0.4, -0.2) is 99.0 Å². The Bertz CT molecular complexity index is 1160. The number of thioether (sulfide) groups is 1. The van der Waals surface area contributed by atoms with Gasteiger partial charge in [0.15, 0.2) is 0 Å². The van der Waals surface area contributed by atoms with Crippen LogP contribution in [0.2, 0.25) is 0 Å². The lowest BCUT2D eigenvalue weighted by Gasteiger charge is -2.26. The van der Waals surface area contributed by atoms with Crippen molar-refractivity contribution in [3.63, 3.8) is 0 Å². The first-order chi connectivity index (χ1) is 20.4. The van der Waals surface area contributed by atoms with E-state index in [9.17, 15) is 24.0 Å². The second kappa shape index (κ2) is 18.3. The Kier molecular flexibility index (Phi) is 14.1. The molecule has 13 nitrogen and oxygen atoms in total. The maximum absolute atomic E-state index is 12.7. The molecule has 1 saturated heterocycles. The molecule has 1 aliphatic heterocycles. The maximum Gasteiger partial charge on any atom is 0.410 e. The van der Waals surface area contributed by atoms with Crippen LogP contribution in [0.1, 0.15) is 27.1 Å². The summed E-state index contributed by atoms with van der Waals surface area (Å²) in [6.45, 7) is 2.31. The van der Waals surface area contributed by atoms with Gasteiger partial charge < -0.3 is 33.7 Å². The van der Waals surface area contributed by atoms with Crippen LogP contribution in [-0.2, 0) is 33.2 Å². The Hall–Kier alpha value is -4.14. The topological polar surface area (TPSA) is 156 Å². The van der Waals surface area contributed by atoms with Gasteiger partial charge in [-0.05, 0) is 42.4 Å². The molecule has 0 aliphatic carbocycles. The fraction of sp³-hybridized carbons (Fsp3) is 0.393. The fourth-order valence-electron chi connectivity index (χ4n) is 3.51. The number of alkyl carbamates (subject to hydrolysis) is 1. The molecule has 1 atom stereocenters. The maximum atomic E-state index is 12.7. The molecule has 3 rings (SSSR count). The van der Waals surface area contributed by atoms with Gasteiger partial charge in [0.25, 0.3) is 0 Å². The Labute approximate surface area is 246 Å². The minimum atomic E-state index is -1.30. The predicted molar refractivity (Wildman–Crippen MR) is 149 cm³/mol. The molecule has 42 heavy (non-hydrogen) atoms. The molecule has 1 fully saturated rings. The Morgan fingerprint density at radius 1 is 0.786 bits per heavy atom. The molecule has 0 aromatic heterocycles. The number of amides is 1. The van der Waals surface area contributed by atoms with E-state index in [1.165, 1.54) is 12.1 Å². The monoisotopic (exact) mass is 604 g/mol. The highest BCUT2D eigenvalue weighted by molar-refractivity contribution is 8.13. The van der Waals surface area contributed by atoms with Crippen LogP contribution in [0.3, 0.4) is 0 Å². The first kappa shape index (κ1) is 32.4.